The lowest BCUT2D eigenvalue weighted by Gasteiger charge is -2.04. The lowest BCUT2D eigenvalue weighted by molar-refractivity contribution is 0.0947. The van der Waals surface area contributed by atoms with Crippen LogP contribution in [-0.2, 0) is 0 Å². The fourth-order valence-electron chi connectivity index (χ4n) is 0.631. The third kappa shape index (κ3) is 2.94. The Morgan fingerprint density at radius 3 is 2.77 bits per heavy atom. The largest absolute Gasteiger partial charge is 0.375 e. The Bertz CT molecular complexity index is 338. The molecule has 13 heavy (non-hydrogen) atoms. The minimum Gasteiger partial charge on any atom is -0.375 e. The molecule has 1 aromatic rings. The van der Waals surface area contributed by atoms with Gasteiger partial charge in [0.15, 0.2) is 5.11 Å². The average Bonchev–Trinajstić information content (AvgIpc) is 2.47. The van der Waals surface area contributed by atoms with Gasteiger partial charge in [0.1, 0.15) is 4.88 Å². The molecule has 1 rings (SSSR count). The molecule has 1 amide bonds. The van der Waals surface area contributed by atoms with Crippen LogP contribution in [0.5, 0.6) is 0 Å². The topological polar surface area (TPSA) is 67.2 Å². The molecule has 0 unspecified atom stereocenters. The van der Waals surface area contributed by atoms with Gasteiger partial charge < -0.3 is 5.73 Å². The Balaban J connectivity index is 2.59. The summed E-state index contributed by atoms with van der Waals surface area (Å²) in [6, 6.07) is 1.79. The van der Waals surface area contributed by atoms with Crippen LogP contribution in [0.2, 0.25) is 0 Å². The van der Waals surface area contributed by atoms with Crippen LogP contribution in [0.3, 0.4) is 0 Å². The molecule has 0 spiro atoms. The Morgan fingerprint density at radius 1 is 1.62 bits per heavy atom. The maximum Gasteiger partial charge on any atom is 0.280 e. The summed E-state index contributed by atoms with van der Waals surface area (Å²) in [5.41, 5.74) is 9.84. The molecule has 1 aromatic heterocycles. The predicted octanol–water partition coefficient (Wildman–Crippen LogP) is 0.989. The molecule has 0 saturated heterocycles. The predicted molar refractivity (Wildman–Crippen MR) is 59.4 cm³/mol. The molecule has 0 fully saturated rings. The number of hydrazine groups is 1. The van der Waals surface area contributed by atoms with E-state index in [1.165, 1.54) is 11.3 Å². The highest BCUT2D eigenvalue weighted by Crippen LogP contribution is 2.21. The smallest absolute Gasteiger partial charge is 0.280 e. The Kier molecular flexibility index (Phi) is 3.64. The molecule has 0 bridgehead atoms. The van der Waals surface area contributed by atoms with Gasteiger partial charge in [-0.25, -0.2) is 0 Å². The number of carbonyl (C=O) groups is 1. The van der Waals surface area contributed by atoms with E-state index in [2.05, 4.69) is 39.0 Å². The van der Waals surface area contributed by atoms with E-state index in [9.17, 15) is 4.79 Å². The third-order valence-electron chi connectivity index (χ3n) is 1.12. The molecule has 0 aromatic carbocycles. The van der Waals surface area contributed by atoms with Crippen molar-refractivity contribution in [3.05, 3.63) is 20.8 Å². The summed E-state index contributed by atoms with van der Waals surface area (Å²) in [7, 11) is 0. The second-order valence-electron chi connectivity index (χ2n) is 2.04. The molecule has 0 aliphatic rings. The first-order valence-corrected chi connectivity index (χ1v) is 5.28. The monoisotopic (exact) mass is 279 g/mol. The van der Waals surface area contributed by atoms with Crippen LogP contribution in [-0.4, -0.2) is 11.0 Å². The van der Waals surface area contributed by atoms with Gasteiger partial charge in [-0.1, -0.05) is 0 Å². The van der Waals surface area contributed by atoms with E-state index < -0.39 is 0 Å². The summed E-state index contributed by atoms with van der Waals surface area (Å²) in [6.45, 7) is 0. The number of nitrogens with one attached hydrogen (secondary N) is 2. The molecule has 70 valence electrons. The van der Waals surface area contributed by atoms with Crippen molar-refractivity contribution in [3.8, 4) is 0 Å². The number of thiophene rings is 1. The molecular weight excluding hydrogens is 274 g/mol. The zero-order chi connectivity index (χ0) is 9.84. The van der Waals surface area contributed by atoms with Gasteiger partial charge in [-0.15, -0.1) is 11.3 Å². The number of halogens is 1. The van der Waals surface area contributed by atoms with Crippen LogP contribution in [0.1, 0.15) is 9.67 Å². The third-order valence-corrected chi connectivity index (χ3v) is 3.06. The highest BCUT2D eigenvalue weighted by atomic mass is 79.9. The van der Waals surface area contributed by atoms with E-state index in [-0.39, 0.29) is 11.0 Å². The molecule has 0 atom stereocenters. The van der Waals surface area contributed by atoms with Crippen molar-refractivity contribution >= 4 is 50.5 Å². The average molecular weight is 280 g/mol. The summed E-state index contributed by atoms with van der Waals surface area (Å²) in [5.74, 6) is -0.269. The Labute approximate surface area is 92.6 Å². The van der Waals surface area contributed by atoms with Crippen LogP contribution in [0.4, 0.5) is 0 Å². The van der Waals surface area contributed by atoms with E-state index in [0.29, 0.717) is 4.88 Å². The maximum atomic E-state index is 11.3. The minimum atomic E-state index is -0.269. The molecule has 4 N–H and O–H groups in total. The van der Waals surface area contributed by atoms with Gasteiger partial charge in [-0.05, 0) is 39.6 Å². The van der Waals surface area contributed by atoms with E-state index in [1.807, 2.05) is 0 Å². The molecular formula is C6H6BrN3OS2. The van der Waals surface area contributed by atoms with Crippen LogP contribution in [0.25, 0.3) is 0 Å². The van der Waals surface area contributed by atoms with Crippen molar-refractivity contribution in [2.45, 2.75) is 0 Å². The van der Waals surface area contributed by atoms with Crippen molar-refractivity contribution in [1.29, 1.82) is 0 Å². The van der Waals surface area contributed by atoms with Crippen molar-refractivity contribution < 1.29 is 4.79 Å². The summed E-state index contributed by atoms with van der Waals surface area (Å²) >= 11 is 9.08. The van der Waals surface area contributed by atoms with E-state index >= 15 is 0 Å². The Morgan fingerprint density at radius 2 is 2.31 bits per heavy atom. The van der Waals surface area contributed by atoms with Gasteiger partial charge in [0.25, 0.3) is 5.91 Å². The van der Waals surface area contributed by atoms with Crippen molar-refractivity contribution in [2.75, 3.05) is 0 Å². The highest BCUT2D eigenvalue weighted by molar-refractivity contribution is 9.10. The maximum absolute atomic E-state index is 11.3. The van der Waals surface area contributed by atoms with Gasteiger partial charge in [-0.3, -0.25) is 15.6 Å². The summed E-state index contributed by atoms with van der Waals surface area (Å²) < 4.78 is 0.750. The lowest BCUT2D eigenvalue weighted by atomic mass is 10.4. The Hall–Kier alpha value is -0.660. The molecule has 0 aliphatic heterocycles. The molecule has 4 nitrogen and oxygen atoms in total. The minimum absolute atomic E-state index is 0.0287. The zero-order valence-corrected chi connectivity index (χ0v) is 9.55. The second kappa shape index (κ2) is 4.54. The molecule has 0 aliphatic carbocycles. The fourth-order valence-corrected chi connectivity index (χ4v) is 2.13. The number of carbonyl (C=O) groups excluding carboxylic acids is 1. The second-order valence-corrected chi connectivity index (χ2v) is 4.25. The van der Waals surface area contributed by atoms with Crippen LogP contribution in [0, 0.1) is 0 Å². The van der Waals surface area contributed by atoms with Gasteiger partial charge in [0, 0.05) is 4.47 Å². The van der Waals surface area contributed by atoms with Gasteiger partial charge in [0.05, 0.1) is 0 Å². The first-order chi connectivity index (χ1) is 6.11. The van der Waals surface area contributed by atoms with Crippen LogP contribution in [0.15, 0.2) is 15.9 Å². The quantitative estimate of drug-likeness (QED) is 0.530. The van der Waals surface area contributed by atoms with Crippen LogP contribution >= 0.6 is 39.5 Å². The highest BCUT2D eigenvalue weighted by Gasteiger charge is 2.10. The van der Waals surface area contributed by atoms with Crippen molar-refractivity contribution in [1.82, 2.24) is 10.9 Å². The molecule has 7 heteroatoms. The van der Waals surface area contributed by atoms with E-state index in [0.717, 1.165) is 4.47 Å². The lowest BCUT2D eigenvalue weighted by Crippen LogP contribution is -2.44. The van der Waals surface area contributed by atoms with E-state index in [1.54, 1.807) is 11.4 Å². The summed E-state index contributed by atoms with van der Waals surface area (Å²) in [5, 5.41) is 1.83. The number of thiocarbonyl (C=S) groups is 1. The van der Waals surface area contributed by atoms with Crippen molar-refractivity contribution in [3.63, 3.8) is 0 Å². The molecule has 1 heterocycles. The van der Waals surface area contributed by atoms with Gasteiger partial charge >= 0.3 is 0 Å². The molecule has 0 saturated carbocycles. The fraction of sp³-hybridized carbons (Fsp3) is 0. The standard InChI is InChI=1S/C6H6BrN3OS2/c7-3-1-2-13-4(3)5(11)9-10-6(8)12/h1-2H,(H,9,11)(H3,8,10,12). The van der Waals surface area contributed by atoms with Gasteiger partial charge in [-0.2, -0.15) is 0 Å². The number of hydrogen-bond acceptors (Lipinski definition) is 3. The number of amides is 1. The van der Waals surface area contributed by atoms with Gasteiger partial charge in [0.2, 0.25) is 0 Å². The van der Waals surface area contributed by atoms with Crippen LogP contribution < -0.4 is 16.6 Å². The SMILES string of the molecule is NC(=S)NNC(=O)c1sccc1Br. The zero-order valence-electron chi connectivity index (χ0n) is 6.33. The summed E-state index contributed by atoms with van der Waals surface area (Å²) in [6.07, 6.45) is 0. The molecule has 0 radical (unpaired) electrons. The van der Waals surface area contributed by atoms with E-state index in [4.69, 9.17) is 5.73 Å². The first kappa shape index (κ1) is 10.4. The van der Waals surface area contributed by atoms with Crippen molar-refractivity contribution in [2.24, 2.45) is 5.73 Å². The normalized spacial score (nSPS) is 9.31. The first-order valence-electron chi connectivity index (χ1n) is 3.20. The number of rotatable bonds is 1. The number of hydrogen-bond donors (Lipinski definition) is 3. The summed E-state index contributed by atoms with van der Waals surface area (Å²) in [4.78, 5) is 11.9. The number of nitrogens with two attached hydrogens (primary N) is 1.